The summed E-state index contributed by atoms with van der Waals surface area (Å²) >= 11 is 6.12. The average molecular weight is 412 g/mol. The van der Waals surface area contributed by atoms with Gasteiger partial charge in [-0.25, -0.2) is 0 Å². The zero-order valence-electron chi connectivity index (χ0n) is 16.8. The summed E-state index contributed by atoms with van der Waals surface area (Å²) in [5.41, 5.74) is 5.71. The van der Waals surface area contributed by atoms with Gasteiger partial charge >= 0.3 is 0 Å². The summed E-state index contributed by atoms with van der Waals surface area (Å²) in [6.07, 6.45) is 0.453. The maximum Gasteiger partial charge on any atom is 0.228 e. The van der Waals surface area contributed by atoms with Crippen LogP contribution >= 0.6 is 11.6 Å². The summed E-state index contributed by atoms with van der Waals surface area (Å²) < 4.78 is 0. The second-order valence-electron chi connectivity index (χ2n) is 7.99. The molecular weight excluding hydrogens is 390 g/mol. The van der Waals surface area contributed by atoms with Gasteiger partial charge in [0.1, 0.15) is 0 Å². The van der Waals surface area contributed by atoms with Gasteiger partial charge in [0.05, 0.1) is 6.54 Å². The molecule has 1 amide bonds. The third-order valence-electron chi connectivity index (χ3n) is 6.00. The van der Waals surface area contributed by atoms with Gasteiger partial charge in [0.2, 0.25) is 5.91 Å². The summed E-state index contributed by atoms with van der Waals surface area (Å²) in [5.74, 6) is 0.170. The molecule has 30 heavy (non-hydrogen) atoms. The monoisotopic (exact) mass is 411 g/mol. The number of fused-ring (bicyclic) bond motifs is 3. The molecular formula is C27H22ClNO. The minimum atomic E-state index is 0.0186. The molecule has 0 N–H and O–H groups in total. The molecule has 2 nitrogen and oxygen atoms in total. The number of halogens is 1. The van der Waals surface area contributed by atoms with Gasteiger partial charge in [-0.2, -0.15) is 0 Å². The van der Waals surface area contributed by atoms with Crippen LogP contribution in [0.3, 0.4) is 0 Å². The third-order valence-corrected chi connectivity index (χ3v) is 6.25. The summed E-state index contributed by atoms with van der Waals surface area (Å²) in [6, 6.07) is 29.0. The summed E-state index contributed by atoms with van der Waals surface area (Å²) in [4.78, 5) is 15.3. The van der Waals surface area contributed by atoms with E-state index in [-0.39, 0.29) is 11.8 Å². The number of benzene rings is 4. The van der Waals surface area contributed by atoms with Crippen LogP contribution in [0, 0.1) is 6.92 Å². The lowest BCUT2D eigenvalue weighted by atomic mass is 9.81. The molecule has 0 aromatic heterocycles. The molecule has 1 unspecified atom stereocenters. The second-order valence-corrected chi connectivity index (χ2v) is 8.43. The smallest absolute Gasteiger partial charge is 0.228 e. The van der Waals surface area contributed by atoms with E-state index in [9.17, 15) is 4.79 Å². The molecule has 0 saturated carbocycles. The quantitative estimate of drug-likeness (QED) is 0.360. The van der Waals surface area contributed by atoms with Crippen molar-refractivity contribution in [2.24, 2.45) is 0 Å². The van der Waals surface area contributed by atoms with E-state index in [4.69, 9.17) is 11.6 Å². The number of amides is 1. The van der Waals surface area contributed by atoms with Gasteiger partial charge in [-0.1, -0.05) is 83.9 Å². The zero-order chi connectivity index (χ0) is 20.7. The highest BCUT2D eigenvalue weighted by molar-refractivity contribution is 6.30. The first-order chi connectivity index (χ1) is 14.6. The molecule has 0 saturated heterocycles. The number of carbonyl (C=O) groups is 1. The maximum absolute atomic E-state index is 13.3. The number of carbonyl (C=O) groups excluding carboxylic acids is 1. The fourth-order valence-electron chi connectivity index (χ4n) is 4.44. The van der Waals surface area contributed by atoms with E-state index in [1.54, 1.807) is 0 Å². The van der Waals surface area contributed by atoms with Crippen LogP contribution in [0.4, 0.5) is 5.69 Å². The molecule has 0 bridgehead atoms. The summed E-state index contributed by atoms with van der Waals surface area (Å²) in [5, 5.41) is 3.11. The summed E-state index contributed by atoms with van der Waals surface area (Å²) in [7, 11) is 0. The number of nitrogens with zero attached hydrogens (tertiary/aromatic N) is 1. The normalized spacial score (nSPS) is 16.0. The molecule has 0 fully saturated rings. The van der Waals surface area contributed by atoms with Gasteiger partial charge in [-0.05, 0) is 52.6 Å². The van der Waals surface area contributed by atoms with Crippen molar-refractivity contribution in [1.29, 1.82) is 0 Å². The van der Waals surface area contributed by atoms with E-state index in [1.165, 1.54) is 21.9 Å². The predicted molar refractivity (Wildman–Crippen MR) is 124 cm³/mol. The Morgan fingerprint density at radius 3 is 2.40 bits per heavy atom. The fourth-order valence-corrected chi connectivity index (χ4v) is 4.56. The number of rotatable bonds is 3. The van der Waals surface area contributed by atoms with Gasteiger partial charge in [-0.15, -0.1) is 0 Å². The van der Waals surface area contributed by atoms with Crippen LogP contribution in [0.25, 0.3) is 10.8 Å². The van der Waals surface area contributed by atoms with Crippen molar-refractivity contribution < 1.29 is 4.79 Å². The van der Waals surface area contributed by atoms with Gasteiger partial charge in [-0.3, -0.25) is 4.79 Å². The van der Waals surface area contributed by atoms with Crippen molar-refractivity contribution in [2.75, 3.05) is 4.90 Å². The largest absolute Gasteiger partial charge is 0.308 e. The number of hydrogen-bond donors (Lipinski definition) is 0. The molecule has 4 aromatic rings. The Balaban J connectivity index is 1.66. The van der Waals surface area contributed by atoms with Crippen molar-refractivity contribution in [2.45, 2.75) is 25.8 Å². The molecule has 5 rings (SSSR count). The molecule has 0 aliphatic carbocycles. The first-order valence-corrected chi connectivity index (χ1v) is 10.6. The molecule has 0 radical (unpaired) electrons. The van der Waals surface area contributed by atoms with Crippen LogP contribution in [0.2, 0.25) is 5.02 Å². The van der Waals surface area contributed by atoms with Crippen LogP contribution in [-0.2, 0) is 11.3 Å². The van der Waals surface area contributed by atoms with Gasteiger partial charge in [0.15, 0.2) is 0 Å². The van der Waals surface area contributed by atoms with E-state index in [2.05, 4.69) is 67.6 Å². The lowest BCUT2D eigenvalue weighted by Crippen LogP contribution is -2.36. The maximum atomic E-state index is 13.3. The molecule has 1 aliphatic heterocycles. The van der Waals surface area contributed by atoms with E-state index in [0.29, 0.717) is 18.0 Å². The standard InChI is InChI=1S/C27H22ClNO/c1-18-6-8-19(9-7-18)17-29-25-15-12-20-4-2-3-5-23(20)27(25)24(16-26(29)30)21-10-13-22(28)14-11-21/h2-15,24H,16-17H2,1H3. The lowest BCUT2D eigenvalue weighted by molar-refractivity contribution is -0.119. The van der Waals surface area contributed by atoms with E-state index < -0.39 is 0 Å². The Bertz CT molecular complexity index is 1230. The van der Waals surface area contributed by atoms with Gasteiger partial charge in [0.25, 0.3) is 0 Å². The Kier molecular flexibility index (Phi) is 4.80. The molecule has 1 heterocycles. The summed E-state index contributed by atoms with van der Waals surface area (Å²) in [6.45, 7) is 2.66. The van der Waals surface area contributed by atoms with E-state index in [1.807, 2.05) is 29.2 Å². The Labute approximate surface area is 181 Å². The topological polar surface area (TPSA) is 20.3 Å². The highest BCUT2D eigenvalue weighted by Crippen LogP contribution is 2.44. The number of anilines is 1. The second kappa shape index (κ2) is 7.62. The lowest BCUT2D eigenvalue weighted by Gasteiger charge is -2.35. The zero-order valence-corrected chi connectivity index (χ0v) is 17.6. The van der Waals surface area contributed by atoms with Crippen molar-refractivity contribution in [3.63, 3.8) is 0 Å². The van der Waals surface area contributed by atoms with Crippen molar-refractivity contribution in [1.82, 2.24) is 0 Å². The molecule has 148 valence electrons. The number of hydrogen-bond acceptors (Lipinski definition) is 1. The molecule has 3 heteroatoms. The Morgan fingerprint density at radius 1 is 0.900 bits per heavy atom. The van der Waals surface area contributed by atoms with Crippen LogP contribution in [0.15, 0.2) is 84.9 Å². The fraction of sp³-hybridized carbons (Fsp3) is 0.148. The number of aryl methyl sites for hydroxylation is 1. The Hall–Kier alpha value is -3.10. The Morgan fingerprint density at radius 2 is 1.63 bits per heavy atom. The van der Waals surface area contributed by atoms with E-state index >= 15 is 0 Å². The van der Waals surface area contributed by atoms with Gasteiger partial charge in [0, 0.05) is 23.0 Å². The minimum absolute atomic E-state index is 0.0186. The SMILES string of the molecule is Cc1ccc(CN2C(=O)CC(c3ccc(Cl)cc3)c3c2ccc2ccccc32)cc1. The van der Waals surface area contributed by atoms with Crippen molar-refractivity contribution in [3.8, 4) is 0 Å². The first kappa shape index (κ1) is 18.9. The minimum Gasteiger partial charge on any atom is -0.308 e. The molecule has 4 aromatic carbocycles. The van der Waals surface area contributed by atoms with Crippen LogP contribution < -0.4 is 4.90 Å². The highest BCUT2D eigenvalue weighted by Gasteiger charge is 2.33. The average Bonchev–Trinajstić information content (AvgIpc) is 2.77. The molecule has 0 spiro atoms. The predicted octanol–water partition coefficient (Wildman–Crippen LogP) is 6.87. The van der Waals surface area contributed by atoms with Crippen molar-refractivity contribution >= 4 is 34.0 Å². The van der Waals surface area contributed by atoms with Crippen LogP contribution in [-0.4, -0.2) is 5.91 Å². The van der Waals surface area contributed by atoms with E-state index in [0.717, 1.165) is 16.8 Å². The highest BCUT2D eigenvalue weighted by atomic mass is 35.5. The van der Waals surface area contributed by atoms with Crippen LogP contribution in [0.5, 0.6) is 0 Å². The van der Waals surface area contributed by atoms with Crippen LogP contribution in [0.1, 0.15) is 34.6 Å². The third kappa shape index (κ3) is 3.38. The van der Waals surface area contributed by atoms with Gasteiger partial charge < -0.3 is 4.90 Å². The van der Waals surface area contributed by atoms with Crippen molar-refractivity contribution in [3.05, 3.63) is 112 Å². The first-order valence-electron chi connectivity index (χ1n) is 10.2. The molecule has 1 aliphatic rings. The molecule has 1 atom stereocenters.